The van der Waals surface area contributed by atoms with E-state index in [4.69, 9.17) is 0 Å². The molecule has 108 valence electrons. The van der Waals surface area contributed by atoms with Gasteiger partial charge in [0, 0.05) is 31.7 Å². The molecule has 0 atom stereocenters. The smallest absolute Gasteiger partial charge is 0.231 e. The van der Waals surface area contributed by atoms with Crippen molar-refractivity contribution >= 4 is 29.2 Å². The quantitative estimate of drug-likeness (QED) is 0.840. The highest BCUT2D eigenvalue weighted by Gasteiger charge is 2.08. The van der Waals surface area contributed by atoms with E-state index >= 15 is 0 Å². The van der Waals surface area contributed by atoms with Crippen LogP contribution in [0, 0.1) is 6.92 Å². The maximum absolute atomic E-state index is 4.37. The standard InChI is InChI=1S/C12H19N7S/c1-5-13-10-16-11(18-12(17-10)19(3)4)15-7-9-14-6-8(2)20-9/h6H,5,7H2,1-4H3,(H2,13,15,16,17,18). The number of rotatable bonds is 6. The Balaban J connectivity index is 2.13. The summed E-state index contributed by atoms with van der Waals surface area (Å²) in [5, 5.41) is 7.30. The van der Waals surface area contributed by atoms with Crippen LogP contribution in [-0.2, 0) is 6.54 Å². The molecule has 0 unspecified atom stereocenters. The zero-order valence-corrected chi connectivity index (χ0v) is 13.0. The van der Waals surface area contributed by atoms with Crippen molar-refractivity contribution in [2.75, 3.05) is 36.2 Å². The van der Waals surface area contributed by atoms with Gasteiger partial charge in [-0.15, -0.1) is 11.3 Å². The molecule has 2 heterocycles. The van der Waals surface area contributed by atoms with Crippen molar-refractivity contribution in [3.05, 3.63) is 16.1 Å². The van der Waals surface area contributed by atoms with Crippen molar-refractivity contribution in [3.63, 3.8) is 0 Å². The SMILES string of the molecule is CCNc1nc(NCc2ncc(C)s2)nc(N(C)C)n1. The van der Waals surface area contributed by atoms with Gasteiger partial charge in [0.15, 0.2) is 0 Å². The average molecular weight is 293 g/mol. The van der Waals surface area contributed by atoms with Crippen molar-refractivity contribution in [2.45, 2.75) is 20.4 Å². The van der Waals surface area contributed by atoms with Gasteiger partial charge in [-0.25, -0.2) is 4.98 Å². The minimum absolute atomic E-state index is 0.549. The molecule has 0 saturated heterocycles. The fraction of sp³-hybridized carbons (Fsp3) is 0.500. The van der Waals surface area contributed by atoms with Crippen molar-refractivity contribution < 1.29 is 0 Å². The van der Waals surface area contributed by atoms with Gasteiger partial charge in [-0.3, -0.25) is 0 Å². The molecule has 2 rings (SSSR count). The second-order valence-electron chi connectivity index (χ2n) is 4.43. The van der Waals surface area contributed by atoms with E-state index in [9.17, 15) is 0 Å². The van der Waals surface area contributed by atoms with E-state index in [2.05, 4.69) is 30.6 Å². The Morgan fingerprint density at radius 3 is 2.40 bits per heavy atom. The number of hydrogen-bond acceptors (Lipinski definition) is 8. The lowest BCUT2D eigenvalue weighted by Crippen LogP contribution is -2.17. The second-order valence-corrected chi connectivity index (χ2v) is 5.74. The molecule has 0 aliphatic rings. The van der Waals surface area contributed by atoms with E-state index in [0.29, 0.717) is 24.4 Å². The fourth-order valence-electron chi connectivity index (χ4n) is 1.52. The van der Waals surface area contributed by atoms with Crippen LogP contribution >= 0.6 is 11.3 Å². The van der Waals surface area contributed by atoms with Gasteiger partial charge in [-0.1, -0.05) is 0 Å². The monoisotopic (exact) mass is 293 g/mol. The van der Waals surface area contributed by atoms with Crippen LogP contribution in [0.3, 0.4) is 0 Å². The van der Waals surface area contributed by atoms with Crippen LogP contribution in [0.15, 0.2) is 6.20 Å². The van der Waals surface area contributed by atoms with Gasteiger partial charge in [0.25, 0.3) is 0 Å². The molecule has 2 aromatic rings. The number of aromatic nitrogens is 4. The lowest BCUT2D eigenvalue weighted by Gasteiger charge is -2.13. The Morgan fingerprint density at radius 2 is 1.85 bits per heavy atom. The fourth-order valence-corrected chi connectivity index (χ4v) is 2.25. The Labute approximate surface area is 122 Å². The van der Waals surface area contributed by atoms with Gasteiger partial charge in [-0.2, -0.15) is 15.0 Å². The first-order chi connectivity index (χ1) is 9.58. The second kappa shape index (κ2) is 6.47. The third-order valence-corrected chi connectivity index (χ3v) is 3.34. The largest absolute Gasteiger partial charge is 0.354 e. The summed E-state index contributed by atoms with van der Waals surface area (Å²) in [7, 11) is 3.80. The molecular formula is C12H19N7S. The third-order valence-electron chi connectivity index (χ3n) is 2.43. The van der Waals surface area contributed by atoms with Crippen molar-refractivity contribution in [1.29, 1.82) is 0 Å². The number of thiazole rings is 1. The Kier molecular flexibility index (Phi) is 4.67. The molecule has 0 bridgehead atoms. The molecule has 2 N–H and O–H groups in total. The van der Waals surface area contributed by atoms with Gasteiger partial charge in [0.2, 0.25) is 17.8 Å². The van der Waals surface area contributed by atoms with Gasteiger partial charge in [0.05, 0.1) is 6.54 Å². The summed E-state index contributed by atoms with van der Waals surface area (Å²) in [6, 6.07) is 0. The van der Waals surface area contributed by atoms with E-state index in [1.165, 1.54) is 4.88 Å². The Hall–Kier alpha value is -1.96. The highest BCUT2D eigenvalue weighted by Crippen LogP contribution is 2.15. The predicted octanol–water partition coefficient (Wildman–Crippen LogP) is 1.75. The van der Waals surface area contributed by atoms with E-state index in [1.807, 2.05) is 39.0 Å². The normalized spacial score (nSPS) is 10.4. The summed E-state index contributed by atoms with van der Waals surface area (Å²) in [6.45, 7) is 5.42. The average Bonchev–Trinajstić information content (AvgIpc) is 2.82. The molecular weight excluding hydrogens is 274 g/mol. The van der Waals surface area contributed by atoms with Crippen LogP contribution in [0.4, 0.5) is 17.8 Å². The van der Waals surface area contributed by atoms with E-state index in [-0.39, 0.29) is 0 Å². The van der Waals surface area contributed by atoms with Gasteiger partial charge in [0.1, 0.15) is 5.01 Å². The summed E-state index contributed by atoms with van der Waals surface area (Å²) < 4.78 is 0. The maximum Gasteiger partial charge on any atom is 0.231 e. The molecule has 0 aromatic carbocycles. The molecule has 0 fully saturated rings. The lowest BCUT2D eigenvalue weighted by atomic mass is 10.6. The van der Waals surface area contributed by atoms with Crippen LogP contribution in [0.2, 0.25) is 0 Å². The minimum Gasteiger partial charge on any atom is -0.354 e. The van der Waals surface area contributed by atoms with Crippen LogP contribution in [0.25, 0.3) is 0 Å². The van der Waals surface area contributed by atoms with Crippen LogP contribution < -0.4 is 15.5 Å². The number of aryl methyl sites for hydroxylation is 1. The van der Waals surface area contributed by atoms with E-state index < -0.39 is 0 Å². The zero-order chi connectivity index (χ0) is 14.5. The lowest BCUT2D eigenvalue weighted by molar-refractivity contribution is 0.934. The highest BCUT2D eigenvalue weighted by atomic mass is 32.1. The highest BCUT2D eigenvalue weighted by molar-refractivity contribution is 7.11. The van der Waals surface area contributed by atoms with Crippen LogP contribution in [0.5, 0.6) is 0 Å². The molecule has 7 nitrogen and oxygen atoms in total. The summed E-state index contributed by atoms with van der Waals surface area (Å²) >= 11 is 1.66. The maximum atomic E-state index is 4.37. The van der Waals surface area contributed by atoms with Gasteiger partial charge in [-0.05, 0) is 13.8 Å². The van der Waals surface area contributed by atoms with E-state index in [1.54, 1.807) is 11.3 Å². The molecule has 0 aliphatic heterocycles. The number of nitrogens with one attached hydrogen (secondary N) is 2. The molecule has 0 radical (unpaired) electrons. The van der Waals surface area contributed by atoms with Crippen molar-refractivity contribution in [3.8, 4) is 0 Å². The minimum atomic E-state index is 0.549. The topological polar surface area (TPSA) is 78.9 Å². The summed E-state index contributed by atoms with van der Waals surface area (Å²) in [5.74, 6) is 1.74. The van der Waals surface area contributed by atoms with Crippen LogP contribution in [0.1, 0.15) is 16.8 Å². The third kappa shape index (κ3) is 3.77. The molecule has 2 aromatic heterocycles. The molecule has 0 aliphatic carbocycles. The number of anilines is 3. The van der Waals surface area contributed by atoms with Gasteiger partial charge >= 0.3 is 0 Å². The first-order valence-corrected chi connectivity index (χ1v) is 7.22. The summed E-state index contributed by atoms with van der Waals surface area (Å²) in [6.07, 6.45) is 1.87. The van der Waals surface area contributed by atoms with E-state index in [0.717, 1.165) is 11.6 Å². The van der Waals surface area contributed by atoms with Crippen molar-refractivity contribution in [2.24, 2.45) is 0 Å². The first kappa shape index (κ1) is 14.4. The predicted molar refractivity (Wildman–Crippen MR) is 82.5 cm³/mol. The van der Waals surface area contributed by atoms with Gasteiger partial charge < -0.3 is 15.5 Å². The Bertz CT molecular complexity index is 567. The first-order valence-electron chi connectivity index (χ1n) is 6.41. The Morgan fingerprint density at radius 1 is 1.15 bits per heavy atom. The number of hydrogen-bond donors (Lipinski definition) is 2. The number of nitrogens with zero attached hydrogens (tertiary/aromatic N) is 5. The van der Waals surface area contributed by atoms with Crippen molar-refractivity contribution in [1.82, 2.24) is 19.9 Å². The summed E-state index contributed by atoms with van der Waals surface area (Å²) in [4.78, 5) is 20.4. The van der Waals surface area contributed by atoms with Crippen LogP contribution in [-0.4, -0.2) is 40.6 Å². The zero-order valence-electron chi connectivity index (χ0n) is 12.1. The molecule has 0 spiro atoms. The molecule has 8 heteroatoms. The molecule has 0 amide bonds. The molecule has 20 heavy (non-hydrogen) atoms. The summed E-state index contributed by atoms with van der Waals surface area (Å²) in [5.41, 5.74) is 0. The molecule has 0 saturated carbocycles.